The summed E-state index contributed by atoms with van der Waals surface area (Å²) in [6, 6.07) is 1.72. The van der Waals surface area contributed by atoms with Gasteiger partial charge in [-0.3, -0.25) is 0 Å². The molecule has 0 atom stereocenters. The second kappa shape index (κ2) is 4.95. The number of benzene rings is 1. The average Bonchev–Trinajstić information content (AvgIpc) is 2.34. The van der Waals surface area contributed by atoms with Crippen LogP contribution in [0.4, 0.5) is 30.7 Å². The first-order valence-corrected chi connectivity index (χ1v) is 4.96. The molecule has 0 aliphatic heterocycles. The molecule has 0 radical (unpaired) electrons. The van der Waals surface area contributed by atoms with Gasteiger partial charge in [0.1, 0.15) is 0 Å². The van der Waals surface area contributed by atoms with Gasteiger partial charge in [-0.2, -0.15) is 26.3 Å². The van der Waals surface area contributed by atoms with Crippen LogP contribution in [-0.4, -0.2) is 25.4 Å². The zero-order valence-corrected chi connectivity index (χ0v) is 9.77. The summed E-state index contributed by atoms with van der Waals surface area (Å²) in [5.74, 6) is -0.972. The molecule has 0 bridgehead atoms. The van der Waals surface area contributed by atoms with E-state index in [9.17, 15) is 35.5 Å². The van der Waals surface area contributed by atoms with Crippen LogP contribution >= 0.6 is 0 Å². The summed E-state index contributed by atoms with van der Waals surface area (Å²) in [5, 5.41) is 0. The molecule has 0 aliphatic rings. The van der Waals surface area contributed by atoms with Crippen LogP contribution < -0.4 is 0 Å². The van der Waals surface area contributed by atoms with Crippen molar-refractivity contribution in [3.05, 3.63) is 35.4 Å². The average molecular weight is 304 g/mol. The second-order valence-electron chi connectivity index (χ2n) is 3.72. The lowest BCUT2D eigenvalue weighted by atomic mass is 9.93. The van der Waals surface area contributed by atoms with Crippen molar-refractivity contribution in [1.82, 2.24) is 0 Å². The number of methoxy groups -OCH3 is 1. The zero-order valence-electron chi connectivity index (χ0n) is 9.77. The van der Waals surface area contributed by atoms with E-state index in [1.807, 2.05) is 0 Å². The van der Waals surface area contributed by atoms with Crippen molar-refractivity contribution in [2.24, 2.45) is 0 Å². The summed E-state index contributed by atoms with van der Waals surface area (Å²) in [7, 11) is 0.973. The number of carbonyl (C=O) groups excluding carboxylic acids is 1. The van der Waals surface area contributed by atoms with Gasteiger partial charge in [0, 0.05) is 5.56 Å². The summed E-state index contributed by atoms with van der Waals surface area (Å²) < 4.78 is 92.4. The lowest BCUT2D eigenvalue weighted by Crippen LogP contribution is -2.50. The van der Waals surface area contributed by atoms with Crippen LogP contribution in [0.3, 0.4) is 0 Å². The Balaban J connectivity index is 3.35. The standard InChI is InChI=1S/C11H7F7O2/c1-20-8(19)6-2-4-7(5-3-6)9(12,10(13,14)15)11(16,17)18/h2-5H,1H3. The number of ether oxygens (including phenoxy) is 1. The van der Waals surface area contributed by atoms with Crippen molar-refractivity contribution in [1.29, 1.82) is 0 Å². The molecule has 0 saturated heterocycles. The predicted molar refractivity (Wildman–Crippen MR) is 52.7 cm³/mol. The number of esters is 1. The van der Waals surface area contributed by atoms with Gasteiger partial charge in [-0.1, -0.05) is 12.1 Å². The highest BCUT2D eigenvalue weighted by Gasteiger charge is 2.73. The highest BCUT2D eigenvalue weighted by Crippen LogP contribution is 2.53. The Morgan fingerprint density at radius 3 is 1.60 bits per heavy atom. The number of hydrogen-bond donors (Lipinski definition) is 0. The molecule has 0 heterocycles. The molecule has 0 N–H and O–H groups in total. The molecule has 1 rings (SSSR count). The summed E-state index contributed by atoms with van der Waals surface area (Å²) in [4.78, 5) is 11.0. The Labute approximate surface area is 108 Å². The monoisotopic (exact) mass is 304 g/mol. The summed E-state index contributed by atoms with van der Waals surface area (Å²) in [6.45, 7) is 0. The van der Waals surface area contributed by atoms with Crippen molar-refractivity contribution in [2.75, 3.05) is 7.11 Å². The molecule has 0 amide bonds. The van der Waals surface area contributed by atoms with Crippen LogP contribution in [0.5, 0.6) is 0 Å². The molecule has 0 unspecified atom stereocenters. The van der Waals surface area contributed by atoms with Crippen LogP contribution in [0.2, 0.25) is 0 Å². The minimum atomic E-state index is -6.18. The summed E-state index contributed by atoms with van der Waals surface area (Å²) in [5.41, 5.74) is -7.47. The molecule has 0 spiro atoms. The Bertz CT molecular complexity index is 473. The van der Waals surface area contributed by atoms with E-state index in [2.05, 4.69) is 4.74 Å². The molecule has 0 aliphatic carbocycles. The van der Waals surface area contributed by atoms with Gasteiger partial charge in [0.15, 0.2) is 0 Å². The maximum Gasteiger partial charge on any atom is 0.435 e. The van der Waals surface area contributed by atoms with Crippen molar-refractivity contribution in [3.8, 4) is 0 Å². The topological polar surface area (TPSA) is 26.3 Å². The first-order valence-electron chi connectivity index (χ1n) is 4.96. The first-order chi connectivity index (χ1) is 8.95. The van der Waals surface area contributed by atoms with Gasteiger partial charge in [-0.15, -0.1) is 0 Å². The Morgan fingerprint density at radius 1 is 0.900 bits per heavy atom. The van der Waals surface area contributed by atoms with E-state index in [-0.39, 0.29) is 17.7 Å². The van der Waals surface area contributed by atoms with Gasteiger partial charge in [0.2, 0.25) is 0 Å². The maximum absolute atomic E-state index is 13.6. The number of hydrogen-bond acceptors (Lipinski definition) is 2. The molecule has 2 nitrogen and oxygen atoms in total. The van der Waals surface area contributed by atoms with Crippen molar-refractivity contribution in [3.63, 3.8) is 0 Å². The Kier molecular flexibility index (Phi) is 4.02. The number of carbonyl (C=O) groups is 1. The zero-order chi connectivity index (χ0) is 15.8. The molecular weight excluding hydrogens is 297 g/mol. The molecule has 1 aromatic carbocycles. The van der Waals surface area contributed by atoms with E-state index in [0.29, 0.717) is 12.1 Å². The second-order valence-corrected chi connectivity index (χ2v) is 3.72. The molecular formula is C11H7F7O2. The van der Waals surface area contributed by atoms with Gasteiger partial charge >= 0.3 is 24.0 Å². The summed E-state index contributed by atoms with van der Waals surface area (Å²) in [6.07, 6.45) is -12.4. The van der Waals surface area contributed by atoms with Crippen LogP contribution in [0, 0.1) is 0 Å². The SMILES string of the molecule is COC(=O)c1ccc(C(F)(C(F)(F)F)C(F)(F)F)cc1. The van der Waals surface area contributed by atoms with Crippen LogP contribution in [0.1, 0.15) is 15.9 Å². The third kappa shape index (κ3) is 2.56. The third-order valence-electron chi connectivity index (χ3n) is 2.49. The van der Waals surface area contributed by atoms with E-state index in [0.717, 1.165) is 7.11 Å². The van der Waals surface area contributed by atoms with Crippen LogP contribution in [0.15, 0.2) is 24.3 Å². The fraction of sp³-hybridized carbons (Fsp3) is 0.364. The fourth-order valence-electron chi connectivity index (χ4n) is 1.44. The molecule has 1 aromatic rings. The van der Waals surface area contributed by atoms with Crippen molar-refractivity contribution < 1.29 is 40.3 Å². The smallest absolute Gasteiger partial charge is 0.435 e. The van der Waals surface area contributed by atoms with Gasteiger partial charge in [0.25, 0.3) is 0 Å². The lowest BCUT2D eigenvalue weighted by molar-refractivity contribution is -0.348. The first kappa shape index (κ1) is 16.3. The van der Waals surface area contributed by atoms with E-state index in [4.69, 9.17) is 0 Å². The van der Waals surface area contributed by atoms with E-state index >= 15 is 0 Å². The van der Waals surface area contributed by atoms with Gasteiger partial charge in [0.05, 0.1) is 12.7 Å². The van der Waals surface area contributed by atoms with E-state index in [1.54, 1.807) is 0 Å². The highest BCUT2D eigenvalue weighted by atomic mass is 19.4. The lowest BCUT2D eigenvalue weighted by Gasteiger charge is -2.30. The Morgan fingerprint density at radius 2 is 1.30 bits per heavy atom. The minimum Gasteiger partial charge on any atom is -0.465 e. The molecule has 112 valence electrons. The van der Waals surface area contributed by atoms with E-state index < -0.39 is 29.6 Å². The predicted octanol–water partition coefficient (Wildman–Crippen LogP) is 3.76. The highest BCUT2D eigenvalue weighted by molar-refractivity contribution is 5.89. The number of alkyl halides is 7. The fourth-order valence-corrected chi connectivity index (χ4v) is 1.44. The van der Waals surface area contributed by atoms with Gasteiger partial charge in [-0.25, -0.2) is 9.18 Å². The minimum absolute atomic E-state index is 0.243. The van der Waals surface area contributed by atoms with Crippen molar-refractivity contribution in [2.45, 2.75) is 18.0 Å². The maximum atomic E-state index is 13.6. The number of halogens is 7. The quantitative estimate of drug-likeness (QED) is 0.614. The molecule has 20 heavy (non-hydrogen) atoms. The van der Waals surface area contributed by atoms with Crippen LogP contribution in [-0.2, 0) is 10.4 Å². The number of rotatable bonds is 2. The van der Waals surface area contributed by atoms with Crippen LogP contribution in [0.25, 0.3) is 0 Å². The molecule has 0 saturated carbocycles. The third-order valence-corrected chi connectivity index (χ3v) is 2.49. The van der Waals surface area contributed by atoms with E-state index in [1.165, 1.54) is 0 Å². The molecule has 0 aromatic heterocycles. The summed E-state index contributed by atoms with van der Waals surface area (Å²) >= 11 is 0. The Hall–Kier alpha value is -1.80. The van der Waals surface area contributed by atoms with Gasteiger partial charge < -0.3 is 4.74 Å². The van der Waals surface area contributed by atoms with Crippen molar-refractivity contribution >= 4 is 5.97 Å². The van der Waals surface area contributed by atoms with Gasteiger partial charge in [-0.05, 0) is 12.1 Å². The normalized spacial score (nSPS) is 13.2. The largest absolute Gasteiger partial charge is 0.465 e. The molecule has 0 fully saturated rings. The molecule has 9 heteroatoms.